The number of carbonyl (C=O) groups excluding carboxylic acids is 2. The summed E-state index contributed by atoms with van der Waals surface area (Å²) in [5.41, 5.74) is 3.63. The number of anilines is 1. The number of nitrogens with one attached hydrogen (secondary N) is 2. The lowest BCUT2D eigenvalue weighted by Gasteiger charge is -2.17. The van der Waals surface area contributed by atoms with Crippen molar-refractivity contribution < 1.29 is 14.4 Å². The molecule has 1 aromatic carbocycles. The topological polar surface area (TPSA) is 96.4 Å². The van der Waals surface area contributed by atoms with Crippen molar-refractivity contribution in [1.29, 1.82) is 0 Å². The maximum absolute atomic E-state index is 11.5. The van der Waals surface area contributed by atoms with Gasteiger partial charge in [-0.1, -0.05) is 29.8 Å². The summed E-state index contributed by atoms with van der Waals surface area (Å²) in [5.74, 6) is -0.482. The summed E-state index contributed by atoms with van der Waals surface area (Å²) in [6.07, 6.45) is 6.89. The first-order valence-electron chi connectivity index (χ1n) is 9.19. The number of hydrogen-bond acceptors (Lipinski definition) is 7. The molecule has 152 valence electrons. The Labute approximate surface area is 173 Å². The SMILES string of the molecule is CC(=O)ONC(=O)/C=C/c1cnc(N[C@@H]2CCN(Cc3ccccc3Cl)C2)cn1. The molecule has 0 bridgehead atoms. The van der Waals surface area contributed by atoms with Gasteiger partial charge < -0.3 is 10.2 Å². The number of benzene rings is 1. The van der Waals surface area contributed by atoms with Gasteiger partial charge in [-0.3, -0.25) is 19.5 Å². The van der Waals surface area contributed by atoms with Crippen LogP contribution in [0.15, 0.2) is 42.7 Å². The predicted octanol–water partition coefficient (Wildman–Crippen LogP) is 2.42. The van der Waals surface area contributed by atoms with E-state index in [0.717, 1.165) is 36.6 Å². The Hall–Kier alpha value is -2.97. The van der Waals surface area contributed by atoms with E-state index in [0.29, 0.717) is 11.5 Å². The smallest absolute Gasteiger partial charge is 0.329 e. The maximum Gasteiger partial charge on any atom is 0.329 e. The van der Waals surface area contributed by atoms with Crippen LogP contribution < -0.4 is 10.8 Å². The van der Waals surface area contributed by atoms with E-state index >= 15 is 0 Å². The van der Waals surface area contributed by atoms with Crippen LogP contribution in [0.2, 0.25) is 5.02 Å². The van der Waals surface area contributed by atoms with Gasteiger partial charge >= 0.3 is 5.97 Å². The number of carbonyl (C=O) groups is 2. The van der Waals surface area contributed by atoms with Crippen LogP contribution in [0.4, 0.5) is 5.82 Å². The van der Waals surface area contributed by atoms with E-state index < -0.39 is 11.9 Å². The fourth-order valence-corrected chi connectivity index (χ4v) is 3.18. The molecular weight excluding hydrogens is 394 g/mol. The van der Waals surface area contributed by atoms with E-state index in [1.165, 1.54) is 19.1 Å². The van der Waals surface area contributed by atoms with Gasteiger partial charge in [-0.15, -0.1) is 0 Å². The highest BCUT2D eigenvalue weighted by atomic mass is 35.5. The molecule has 1 fully saturated rings. The van der Waals surface area contributed by atoms with E-state index in [2.05, 4.69) is 25.0 Å². The Morgan fingerprint density at radius 2 is 2.14 bits per heavy atom. The lowest BCUT2D eigenvalue weighted by molar-refractivity contribution is -0.154. The highest BCUT2D eigenvalue weighted by Crippen LogP contribution is 2.21. The average Bonchev–Trinajstić information content (AvgIpc) is 3.14. The summed E-state index contributed by atoms with van der Waals surface area (Å²) >= 11 is 6.25. The normalized spacial score (nSPS) is 16.7. The Morgan fingerprint density at radius 1 is 1.31 bits per heavy atom. The van der Waals surface area contributed by atoms with Crippen LogP contribution in [0.25, 0.3) is 6.08 Å². The van der Waals surface area contributed by atoms with Gasteiger partial charge in [0, 0.05) is 43.7 Å². The van der Waals surface area contributed by atoms with Crippen molar-refractivity contribution in [3.63, 3.8) is 0 Å². The molecule has 1 amide bonds. The van der Waals surface area contributed by atoms with Crippen molar-refractivity contribution in [1.82, 2.24) is 20.3 Å². The molecule has 1 saturated heterocycles. The second-order valence-corrected chi connectivity index (χ2v) is 7.08. The molecule has 0 spiro atoms. The molecule has 9 heteroatoms. The van der Waals surface area contributed by atoms with Crippen molar-refractivity contribution in [3.8, 4) is 0 Å². The molecule has 0 unspecified atom stereocenters. The zero-order chi connectivity index (χ0) is 20.6. The van der Waals surface area contributed by atoms with Gasteiger partial charge in [-0.2, -0.15) is 5.48 Å². The van der Waals surface area contributed by atoms with E-state index in [9.17, 15) is 9.59 Å². The van der Waals surface area contributed by atoms with Gasteiger partial charge in [0.05, 0.1) is 18.1 Å². The summed E-state index contributed by atoms with van der Waals surface area (Å²) in [5, 5.41) is 4.18. The molecular formula is C20H22ClN5O3. The summed E-state index contributed by atoms with van der Waals surface area (Å²) in [6, 6.07) is 8.17. The number of aromatic nitrogens is 2. The van der Waals surface area contributed by atoms with Crippen LogP contribution >= 0.6 is 11.6 Å². The predicted molar refractivity (Wildman–Crippen MR) is 110 cm³/mol. The molecule has 0 radical (unpaired) electrons. The van der Waals surface area contributed by atoms with Crippen LogP contribution in [0.5, 0.6) is 0 Å². The molecule has 0 aliphatic carbocycles. The Morgan fingerprint density at radius 3 is 2.86 bits per heavy atom. The van der Waals surface area contributed by atoms with Gasteiger partial charge in [0.1, 0.15) is 5.82 Å². The molecule has 2 N–H and O–H groups in total. The van der Waals surface area contributed by atoms with Gasteiger partial charge in [0.2, 0.25) is 0 Å². The highest BCUT2D eigenvalue weighted by Gasteiger charge is 2.23. The van der Waals surface area contributed by atoms with E-state index in [1.54, 1.807) is 12.4 Å². The number of nitrogens with zero attached hydrogens (tertiary/aromatic N) is 3. The number of hydroxylamine groups is 1. The van der Waals surface area contributed by atoms with Crippen LogP contribution in [-0.4, -0.2) is 45.9 Å². The third-order valence-electron chi connectivity index (χ3n) is 4.35. The third kappa shape index (κ3) is 6.55. The first-order valence-corrected chi connectivity index (χ1v) is 9.57. The molecule has 1 aliphatic heterocycles. The van der Waals surface area contributed by atoms with Crippen molar-refractivity contribution in [2.45, 2.75) is 25.9 Å². The summed E-state index contributed by atoms with van der Waals surface area (Å²) < 4.78 is 0. The van der Waals surface area contributed by atoms with Gasteiger partial charge in [0.25, 0.3) is 5.91 Å². The van der Waals surface area contributed by atoms with E-state index in [4.69, 9.17) is 11.6 Å². The number of rotatable bonds is 6. The minimum absolute atomic E-state index is 0.280. The lowest BCUT2D eigenvalue weighted by Crippen LogP contribution is -2.26. The zero-order valence-corrected chi connectivity index (χ0v) is 16.7. The maximum atomic E-state index is 11.5. The Bertz CT molecular complexity index is 888. The molecule has 1 aliphatic rings. The van der Waals surface area contributed by atoms with Crippen molar-refractivity contribution >= 4 is 35.4 Å². The molecule has 8 nitrogen and oxygen atoms in total. The van der Waals surface area contributed by atoms with Crippen LogP contribution in [0.1, 0.15) is 24.6 Å². The second kappa shape index (κ2) is 9.99. The van der Waals surface area contributed by atoms with Gasteiger partial charge in [0.15, 0.2) is 0 Å². The fourth-order valence-electron chi connectivity index (χ4n) is 2.99. The summed E-state index contributed by atoms with van der Waals surface area (Å²) in [7, 11) is 0. The third-order valence-corrected chi connectivity index (χ3v) is 4.72. The van der Waals surface area contributed by atoms with Crippen LogP contribution in [0, 0.1) is 0 Å². The monoisotopic (exact) mass is 415 g/mol. The lowest BCUT2D eigenvalue weighted by atomic mass is 10.2. The van der Waals surface area contributed by atoms with Crippen LogP contribution in [-0.2, 0) is 21.0 Å². The second-order valence-electron chi connectivity index (χ2n) is 6.68. The Kier molecular flexibility index (Phi) is 7.15. The minimum Gasteiger partial charge on any atom is -0.365 e. The van der Waals surface area contributed by atoms with E-state index in [1.807, 2.05) is 29.7 Å². The standard InChI is InChI=1S/C20H22ClN5O3/c1-14(27)29-25-20(28)7-6-16-10-23-19(11-22-16)24-17-8-9-26(13-17)12-15-4-2-3-5-18(15)21/h2-7,10-11,17H,8-9,12-13H2,1H3,(H,23,24)(H,25,28)/b7-6+/t17-/m1/s1. The fraction of sp³-hybridized carbons (Fsp3) is 0.300. The van der Waals surface area contributed by atoms with Gasteiger partial charge in [-0.05, 0) is 24.1 Å². The number of halogens is 1. The van der Waals surface area contributed by atoms with Crippen molar-refractivity contribution in [2.24, 2.45) is 0 Å². The zero-order valence-electron chi connectivity index (χ0n) is 16.0. The average molecular weight is 416 g/mol. The largest absolute Gasteiger partial charge is 0.365 e. The highest BCUT2D eigenvalue weighted by molar-refractivity contribution is 6.31. The summed E-state index contributed by atoms with van der Waals surface area (Å²) in [4.78, 5) is 37.4. The molecule has 2 heterocycles. The first-order chi connectivity index (χ1) is 14.0. The quantitative estimate of drug-likeness (QED) is 0.552. The summed E-state index contributed by atoms with van der Waals surface area (Å²) in [6.45, 7) is 3.89. The number of likely N-dealkylation sites (tertiary alicyclic amines) is 1. The van der Waals surface area contributed by atoms with Crippen LogP contribution in [0.3, 0.4) is 0 Å². The van der Waals surface area contributed by atoms with Gasteiger partial charge in [-0.25, -0.2) is 4.98 Å². The molecule has 1 aromatic heterocycles. The molecule has 2 aromatic rings. The molecule has 29 heavy (non-hydrogen) atoms. The molecule has 1 atom stereocenters. The Balaban J connectivity index is 1.47. The van der Waals surface area contributed by atoms with E-state index in [-0.39, 0.29) is 6.04 Å². The number of hydrogen-bond donors (Lipinski definition) is 2. The van der Waals surface area contributed by atoms with Crippen molar-refractivity contribution in [3.05, 3.63) is 59.0 Å². The molecule has 3 rings (SSSR count). The van der Waals surface area contributed by atoms with Crippen molar-refractivity contribution in [2.75, 3.05) is 18.4 Å². The minimum atomic E-state index is -0.598. The number of amides is 1. The molecule has 0 saturated carbocycles. The first kappa shape index (κ1) is 20.8.